The zero-order valence-electron chi connectivity index (χ0n) is 16.0. The second-order valence-electron chi connectivity index (χ2n) is 6.87. The number of benzene rings is 2. The van der Waals surface area contributed by atoms with Crippen molar-refractivity contribution >= 4 is 45.8 Å². The summed E-state index contributed by atoms with van der Waals surface area (Å²) in [5.74, 6) is 0.707. The number of nitrogens with two attached hydrogens (primary N) is 1. The third kappa shape index (κ3) is 3.29. The van der Waals surface area contributed by atoms with E-state index < -0.39 is 6.35 Å². The van der Waals surface area contributed by atoms with E-state index in [1.54, 1.807) is 30.6 Å². The molecule has 3 N–H and O–H groups in total. The molecular weight excluding hydrogens is 402 g/mol. The van der Waals surface area contributed by atoms with Crippen molar-refractivity contribution in [2.24, 2.45) is 0 Å². The first-order chi connectivity index (χ1) is 14.6. The van der Waals surface area contributed by atoms with Crippen molar-refractivity contribution in [3.63, 3.8) is 0 Å². The van der Waals surface area contributed by atoms with E-state index in [1.165, 1.54) is 0 Å². The van der Waals surface area contributed by atoms with Crippen LogP contribution in [0, 0.1) is 0 Å². The van der Waals surface area contributed by atoms with Gasteiger partial charge in [0, 0.05) is 34.4 Å². The maximum atomic E-state index is 6.29. The monoisotopic (exact) mass is 419 g/mol. The molecule has 7 nitrogen and oxygen atoms in total. The molecule has 30 heavy (non-hydrogen) atoms. The number of ether oxygens (including phenoxy) is 1. The highest BCUT2D eigenvalue weighted by molar-refractivity contribution is 6.31. The van der Waals surface area contributed by atoms with Crippen LogP contribution in [0.15, 0.2) is 77.1 Å². The Labute approximate surface area is 177 Å². The van der Waals surface area contributed by atoms with Crippen LogP contribution in [0.5, 0.6) is 0 Å². The zero-order valence-corrected chi connectivity index (χ0v) is 16.8. The van der Waals surface area contributed by atoms with Gasteiger partial charge in [0.25, 0.3) is 6.35 Å². The summed E-state index contributed by atoms with van der Waals surface area (Å²) in [7, 11) is 0. The number of nitrogens with zero attached hydrogens (tertiary/aromatic N) is 3. The average Bonchev–Trinajstić information content (AvgIpc) is 3.28. The molecule has 1 aliphatic heterocycles. The summed E-state index contributed by atoms with van der Waals surface area (Å²) in [6, 6.07) is 17.0. The van der Waals surface area contributed by atoms with Crippen LogP contribution in [0.2, 0.25) is 5.02 Å². The Morgan fingerprint density at radius 2 is 1.93 bits per heavy atom. The average molecular weight is 420 g/mol. The van der Waals surface area contributed by atoms with Crippen molar-refractivity contribution in [3.05, 3.63) is 83.3 Å². The van der Waals surface area contributed by atoms with Gasteiger partial charge in [0.1, 0.15) is 5.52 Å². The fraction of sp³-hybridized carbons (Fsp3) is 0.0909. The Morgan fingerprint density at radius 3 is 2.73 bits per heavy atom. The number of pyridine rings is 1. The number of oxazole rings is 1. The van der Waals surface area contributed by atoms with Crippen LogP contribution in [0.4, 0.5) is 17.4 Å². The lowest BCUT2D eigenvalue weighted by atomic mass is 10.2. The minimum absolute atomic E-state index is 0.398. The molecule has 3 heterocycles. The number of anilines is 3. The highest BCUT2D eigenvalue weighted by Gasteiger charge is 2.36. The summed E-state index contributed by atoms with van der Waals surface area (Å²) >= 11 is 6.11. The molecule has 2 aromatic heterocycles. The number of halogens is 1. The lowest BCUT2D eigenvalue weighted by Gasteiger charge is -2.24. The lowest BCUT2D eigenvalue weighted by molar-refractivity contribution is 0.214. The van der Waals surface area contributed by atoms with Crippen LogP contribution in [0.25, 0.3) is 16.9 Å². The largest absolute Gasteiger partial charge is 0.449 e. The summed E-state index contributed by atoms with van der Waals surface area (Å²) in [5, 5.41) is 3.95. The van der Waals surface area contributed by atoms with Gasteiger partial charge in [-0.2, -0.15) is 4.98 Å². The van der Waals surface area contributed by atoms with Crippen LogP contribution >= 0.6 is 11.6 Å². The number of allylic oxidation sites excluding steroid dienone is 1. The quantitative estimate of drug-likeness (QED) is 0.446. The molecule has 0 saturated heterocycles. The van der Waals surface area contributed by atoms with E-state index in [0.717, 1.165) is 16.9 Å². The van der Waals surface area contributed by atoms with E-state index in [4.69, 9.17) is 26.5 Å². The fourth-order valence-electron chi connectivity index (χ4n) is 3.42. The maximum absolute atomic E-state index is 6.29. The normalized spacial score (nSPS) is 16.2. The Bertz CT molecular complexity index is 1250. The number of rotatable bonds is 4. The predicted octanol–water partition coefficient (Wildman–Crippen LogP) is 5.08. The molecule has 8 heteroatoms. The first-order valence-corrected chi connectivity index (χ1v) is 9.71. The Balaban J connectivity index is 1.58. The molecule has 5 rings (SSSR count). The molecule has 0 amide bonds. The number of hydrogen-bond acceptors (Lipinski definition) is 7. The standard InChI is InChI=1S/C22H18ClN5O2/c1-13-20(14-7-9-25-10-8-14)30-21(26-17-4-2-3-16(24)12-17)28(13)22-27-18-11-15(23)5-6-19(18)29-22/h2-12,21,26H,24H2,1H3. The molecule has 2 aromatic carbocycles. The van der Waals surface area contributed by atoms with E-state index in [1.807, 2.05) is 48.2 Å². The van der Waals surface area contributed by atoms with Gasteiger partial charge in [-0.3, -0.25) is 4.98 Å². The summed E-state index contributed by atoms with van der Waals surface area (Å²) in [5.41, 5.74) is 10.5. The van der Waals surface area contributed by atoms with Crippen molar-refractivity contribution in [1.82, 2.24) is 9.97 Å². The molecule has 4 aromatic rings. The molecule has 150 valence electrons. The van der Waals surface area contributed by atoms with E-state index in [2.05, 4.69) is 15.3 Å². The summed E-state index contributed by atoms with van der Waals surface area (Å²) in [6.07, 6.45) is 2.87. The van der Waals surface area contributed by atoms with Crippen LogP contribution < -0.4 is 16.0 Å². The smallest absolute Gasteiger partial charge is 0.307 e. The Hall–Kier alpha value is -3.71. The molecule has 1 unspecified atom stereocenters. The molecule has 0 bridgehead atoms. The highest BCUT2D eigenvalue weighted by Crippen LogP contribution is 2.38. The van der Waals surface area contributed by atoms with Gasteiger partial charge in [-0.15, -0.1) is 0 Å². The topological polar surface area (TPSA) is 89.4 Å². The minimum Gasteiger partial charge on any atom is -0.449 e. The van der Waals surface area contributed by atoms with Crippen LogP contribution in [0.1, 0.15) is 12.5 Å². The van der Waals surface area contributed by atoms with Crippen molar-refractivity contribution < 1.29 is 9.15 Å². The van der Waals surface area contributed by atoms with E-state index >= 15 is 0 Å². The van der Waals surface area contributed by atoms with E-state index in [9.17, 15) is 0 Å². The zero-order chi connectivity index (χ0) is 20.7. The molecule has 1 atom stereocenters. The fourth-order valence-corrected chi connectivity index (χ4v) is 3.58. The number of aromatic nitrogens is 2. The number of nitrogen functional groups attached to an aromatic ring is 1. The van der Waals surface area contributed by atoms with Crippen molar-refractivity contribution in [2.75, 3.05) is 16.0 Å². The van der Waals surface area contributed by atoms with Gasteiger partial charge in [-0.05, 0) is 55.5 Å². The predicted molar refractivity (Wildman–Crippen MR) is 118 cm³/mol. The molecular formula is C22H18ClN5O2. The maximum Gasteiger partial charge on any atom is 0.307 e. The summed E-state index contributed by atoms with van der Waals surface area (Å²) in [6.45, 7) is 1.96. The third-order valence-electron chi connectivity index (χ3n) is 4.82. The minimum atomic E-state index is -0.585. The molecule has 0 fully saturated rings. The molecule has 0 spiro atoms. The van der Waals surface area contributed by atoms with Gasteiger partial charge in [0.05, 0.1) is 5.70 Å². The number of fused-ring (bicyclic) bond motifs is 1. The lowest BCUT2D eigenvalue weighted by Crippen LogP contribution is -2.37. The van der Waals surface area contributed by atoms with Crippen LogP contribution in [-0.4, -0.2) is 16.3 Å². The molecule has 0 radical (unpaired) electrons. The Morgan fingerprint density at radius 1 is 1.10 bits per heavy atom. The SMILES string of the molecule is CC1=C(c2ccncc2)OC(Nc2cccc(N)c2)N1c1nc2cc(Cl)ccc2o1. The van der Waals surface area contributed by atoms with E-state index in [0.29, 0.717) is 33.6 Å². The first kappa shape index (κ1) is 18.3. The summed E-state index contributed by atoms with van der Waals surface area (Å²) in [4.78, 5) is 10.6. The Kier molecular flexibility index (Phi) is 4.44. The van der Waals surface area contributed by atoms with Gasteiger partial charge in [-0.1, -0.05) is 17.7 Å². The second-order valence-corrected chi connectivity index (χ2v) is 7.31. The van der Waals surface area contributed by atoms with Gasteiger partial charge in [0.2, 0.25) is 0 Å². The molecule has 1 aliphatic rings. The number of hydrogen-bond donors (Lipinski definition) is 2. The van der Waals surface area contributed by atoms with Crippen LogP contribution in [-0.2, 0) is 4.74 Å². The number of nitrogens with one attached hydrogen (secondary N) is 1. The third-order valence-corrected chi connectivity index (χ3v) is 5.05. The first-order valence-electron chi connectivity index (χ1n) is 9.34. The van der Waals surface area contributed by atoms with Gasteiger partial charge < -0.3 is 20.2 Å². The van der Waals surface area contributed by atoms with E-state index in [-0.39, 0.29) is 0 Å². The van der Waals surface area contributed by atoms with Crippen molar-refractivity contribution in [2.45, 2.75) is 13.3 Å². The molecule has 0 saturated carbocycles. The van der Waals surface area contributed by atoms with Crippen molar-refractivity contribution in [3.8, 4) is 0 Å². The van der Waals surface area contributed by atoms with Crippen molar-refractivity contribution in [1.29, 1.82) is 0 Å². The van der Waals surface area contributed by atoms with Gasteiger partial charge in [0.15, 0.2) is 11.3 Å². The van der Waals surface area contributed by atoms with Crippen LogP contribution in [0.3, 0.4) is 0 Å². The van der Waals surface area contributed by atoms with Gasteiger partial charge in [-0.25, -0.2) is 4.90 Å². The molecule has 0 aliphatic carbocycles. The van der Waals surface area contributed by atoms with Gasteiger partial charge >= 0.3 is 6.01 Å². The highest BCUT2D eigenvalue weighted by atomic mass is 35.5. The summed E-state index contributed by atoms with van der Waals surface area (Å²) < 4.78 is 12.3. The second kappa shape index (κ2) is 7.27.